The van der Waals surface area contributed by atoms with Crippen molar-refractivity contribution < 1.29 is 23.8 Å². The van der Waals surface area contributed by atoms with Crippen LogP contribution in [0, 0.1) is 6.92 Å². The highest BCUT2D eigenvalue weighted by Gasteiger charge is 2.30. The van der Waals surface area contributed by atoms with Gasteiger partial charge in [0.1, 0.15) is 11.5 Å². The van der Waals surface area contributed by atoms with Crippen molar-refractivity contribution >= 4 is 11.9 Å². The summed E-state index contributed by atoms with van der Waals surface area (Å²) in [4.78, 5) is 23.3. The second-order valence-corrected chi connectivity index (χ2v) is 5.60. The first-order chi connectivity index (χ1) is 10.8. The number of nitrogens with one attached hydrogen (secondary N) is 2. The molecule has 0 spiro atoms. The van der Waals surface area contributed by atoms with Gasteiger partial charge in [-0.15, -0.1) is 0 Å². The van der Waals surface area contributed by atoms with Crippen LogP contribution in [-0.4, -0.2) is 46.4 Å². The summed E-state index contributed by atoms with van der Waals surface area (Å²) in [6, 6.07) is 5.12. The van der Waals surface area contributed by atoms with Gasteiger partial charge in [0, 0.05) is 13.2 Å². The third kappa shape index (κ3) is 4.19. The van der Waals surface area contributed by atoms with Gasteiger partial charge in [-0.05, 0) is 26.0 Å². The number of ether oxygens (including phenoxy) is 1. The first-order valence-electron chi connectivity index (χ1n) is 6.98. The molecular weight excluding hydrogens is 302 g/mol. The maximum Gasteiger partial charge on any atom is 0.305 e. The van der Waals surface area contributed by atoms with Crippen molar-refractivity contribution in [2.24, 2.45) is 0 Å². The van der Waals surface area contributed by atoms with E-state index in [4.69, 9.17) is 14.3 Å². The lowest BCUT2D eigenvalue weighted by Gasteiger charge is -2.27. The quantitative estimate of drug-likeness (QED) is 0.713. The predicted octanol–water partition coefficient (Wildman–Crippen LogP) is 1.59. The fraction of sp³-hybridized carbons (Fsp3) is 0.400. The van der Waals surface area contributed by atoms with Crippen LogP contribution >= 0.6 is 0 Å². The van der Waals surface area contributed by atoms with Crippen LogP contribution in [0.1, 0.15) is 29.6 Å². The van der Waals surface area contributed by atoms with Crippen LogP contribution in [0.5, 0.6) is 0 Å². The summed E-state index contributed by atoms with van der Waals surface area (Å²) < 4.78 is 10.5. The van der Waals surface area contributed by atoms with Gasteiger partial charge >= 0.3 is 5.97 Å². The molecule has 8 heteroatoms. The largest absolute Gasteiger partial charge is 0.481 e. The predicted molar refractivity (Wildman–Crippen MR) is 81.0 cm³/mol. The number of carbonyl (C=O) groups excluding carboxylic acids is 1. The zero-order valence-electron chi connectivity index (χ0n) is 13.2. The Labute approximate surface area is 132 Å². The molecule has 0 aliphatic rings. The van der Waals surface area contributed by atoms with Crippen molar-refractivity contribution in [1.29, 1.82) is 0 Å². The molecule has 0 fully saturated rings. The number of H-pyrrole nitrogens is 1. The summed E-state index contributed by atoms with van der Waals surface area (Å²) in [5.41, 5.74) is -0.324. The molecule has 0 radical (unpaired) electrons. The number of nitrogens with zero attached hydrogens (tertiary/aromatic N) is 1. The Hall–Kier alpha value is -2.61. The topological polar surface area (TPSA) is 117 Å². The van der Waals surface area contributed by atoms with E-state index in [9.17, 15) is 9.59 Å². The number of rotatable bonds is 7. The average Bonchev–Trinajstić information content (AvgIpc) is 3.05. The van der Waals surface area contributed by atoms with Gasteiger partial charge < -0.3 is 19.6 Å². The van der Waals surface area contributed by atoms with Crippen molar-refractivity contribution in [1.82, 2.24) is 15.5 Å². The lowest BCUT2D eigenvalue weighted by molar-refractivity contribution is -0.139. The minimum atomic E-state index is -1.03. The van der Waals surface area contributed by atoms with Crippen LogP contribution in [-0.2, 0) is 9.53 Å². The number of carboxylic acid groups (broad SMARTS) is 1. The van der Waals surface area contributed by atoms with E-state index in [2.05, 4.69) is 15.5 Å². The zero-order chi connectivity index (χ0) is 17.0. The van der Waals surface area contributed by atoms with E-state index in [1.165, 1.54) is 7.11 Å². The standard InChI is InChI=1S/C15H19N3O5/c1-9-4-5-12(23-9)10-6-11(18-17-10)14(21)16-15(2,8-22-3)7-13(19)20/h4-6H,7-8H2,1-3H3,(H,16,21)(H,17,18)(H,19,20). The van der Waals surface area contributed by atoms with E-state index in [1.807, 2.05) is 6.92 Å². The Morgan fingerprint density at radius 1 is 1.48 bits per heavy atom. The number of aliphatic carboxylic acids is 1. The molecule has 0 saturated heterocycles. The number of aromatic amines is 1. The molecule has 3 N–H and O–H groups in total. The highest BCUT2D eigenvalue weighted by Crippen LogP contribution is 2.20. The molecule has 0 bridgehead atoms. The molecule has 2 rings (SSSR count). The van der Waals surface area contributed by atoms with Gasteiger partial charge in [-0.2, -0.15) is 5.10 Å². The number of aromatic nitrogens is 2. The molecule has 2 heterocycles. The SMILES string of the molecule is COCC(C)(CC(=O)O)NC(=O)c1cc(-c2ccc(C)o2)[nH]n1. The van der Waals surface area contributed by atoms with Crippen molar-refractivity contribution in [3.8, 4) is 11.5 Å². The third-order valence-electron chi connectivity index (χ3n) is 3.24. The Morgan fingerprint density at radius 2 is 2.22 bits per heavy atom. The Kier molecular flexibility index (Phi) is 4.85. The number of aryl methyl sites for hydroxylation is 1. The molecule has 0 aliphatic carbocycles. The number of hydrogen-bond donors (Lipinski definition) is 3. The molecule has 1 atom stereocenters. The summed E-state index contributed by atoms with van der Waals surface area (Å²) >= 11 is 0. The fourth-order valence-corrected chi connectivity index (χ4v) is 2.27. The molecule has 1 unspecified atom stereocenters. The van der Waals surface area contributed by atoms with Gasteiger partial charge in [-0.1, -0.05) is 0 Å². The Balaban J connectivity index is 2.13. The van der Waals surface area contributed by atoms with E-state index in [0.717, 1.165) is 5.76 Å². The molecule has 0 aliphatic heterocycles. The monoisotopic (exact) mass is 321 g/mol. The molecule has 2 aromatic heterocycles. The number of furan rings is 1. The summed E-state index contributed by atoms with van der Waals surface area (Å²) in [6.07, 6.45) is -0.263. The maximum absolute atomic E-state index is 12.3. The fourth-order valence-electron chi connectivity index (χ4n) is 2.27. The van der Waals surface area contributed by atoms with Crippen LogP contribution < -0.4 is 5.32 Å². The number of hydrogen-bond acceptors (Lipinski definition) is 5. The lowest BCUT2D eigenvalue weighted by atomic mass is 9.98. The first kappa shape index (κ1) is 16.8. The minimum absolute atomic E-state index is 0.0691. The highest BCUT2D eigenvalue weighted by molar-refractivity contribution is 5.94. The normalized spacial score (nSPS) is 13.5. The van der Waals surface area contributed by atoms with Crippen LogP contribution in [0.3, 0.4) is 0 Å². The number of methoxy groups -OCH3 is 1. The second kappa shape index (κ2) is 6.66. The number of carbonyl (C=O) groups is 2. The molecule has 0 saturated carbocycles. The summed E-state index contributed by atoms with van der Waals surface area (Å²) in [7, 11) is 1.44. The second-order valence-electron chi connectivity index (χ2n) is 5.60. The molecule has 0 aromatic carbocycles. The van der Waals surface area contributed by atoms with Gasteiger partial charge in [-0.25, -0.2) is 0 Å². The summed E-state index contributed by atoms with van der Waals surface area (Å²) in [6.45, 7) is 3.49. The summed E-state index contributed by atoms with van der Waals surface area (Å²) in [5, 5.41) is 18.3. The molecule has 1 amide bonds. The van der Waals surface area contributed by atoms with E-state index < -0.39 is 17.4 Å². The first-order valence-corrected chi connectivity index (χ1v) is 6.98. The average molecular weight is 321 g/mol. The van der Waals surface area contributed by atoms with Gasteiger partial charge in [0.15, 0.2) is 11.5 Å². The molecular formula is C15H19N3O5. The van der Waals surface area contributed by atoms with Gasteiger partial charge in [0.25, 0.3) is 5.91 Å². The van der Waals surface area contributed by atoms with Gasteiger partial charge in [0.05, 0.1) is 18.6 Å². The van der Waals surface area contributed by atoms with Crippen molar-refractivity contribution in [3.05, 3.63) is 29.7 Å². The van der Waals surface area contributed by atoms with Crippen LogP contribution in [0.15, 0.2) is 22.6 Å². The molecule has 124 valence electrons. The maximum atomic E-state index is 12.3. The van der Waals surface area contributed by atoms with Crippen molar-refractivity contribution in [2.45, 2.75) is 25.8 Å². The van der Waals surface area contributed by atoms with Crippen molar-refractivity contribution in [3.63, 3.8) is 0 Å². The number of carboxylic acids is 1. The minimum Gasteiger partial charge on any atom is -0.481 e. The zero-order valence-corrected chi connectivity index (χ0v) is 13.2. The number of amides is 1. The molecule has 23 heavy (non-hydrogen) atoms. The highest BCUT2D eigenvalue weighted by atomic mass is 16.5. The lowest BCUT2D eigenvalue weighted by Crippen LogP contribution is -2.50. The smallest absolute Gasteiger partial charge is 0.305 e. The molecule has 2 aromatic rings. The van der Waals surface area contributed by atoms with Crippen molar-refractivity contribution in [2.75, 3.05) is 13.7 Å². The Morgan fingerprint density at radius 3 is 2.78 bits per heavy atom. The van der Waals surface area contributed by atoms with E-state index in [-0.39, 0.29) is 18.7 Å². The van der Waals surface area contributed by atoms with Gasteiger partial charge in [-0.3, -0.25) is 14.7 Å². The van der Waals surface area contributed by atoms with Crippen LogP contribution in [0.4, 0.5) is 0 Å². The summed E-state index contributed by atoms with van der Waals surface area (Å²) in [5.74, 6) is -0.204. The van der Waals surface area contributed by atoms with E-state index in [1.54, 1.807) is 25.1 Å². The third-order valence-corrected chi connectivity index (χ3v) is 3.24. The van der Waals surface area contributed by atoms with E-state index in [0.29, 0.717) is 11.5 Å². The Bertz CT molecular complexity index is 706. The van der Waals surface area contributed by atoms with Gasteiger partial charge in [0.2, 0.25) is 0 Å². The van der Waals surface area contributed by atoms with Crippen LogP contribution in [0.25, 0.3) is 11.5 Å². The van der Waals surface area contributed by atoms with E-state index >= 15 is 0 Å². The van der Waals surface area contributed by atoms with Crippen LogP contribution in [0.2, 0.25) is 0 Å². The molecule has 8 nitrogen and oxygen atoms in total.